The first-order valence-electron chi connectivity index (χ1n) is 3.81. The number of hydrogen-bond donors (Lipinski definition) is 3. The topological polar surface area (TPSA) is 136 Å². The van der Waals surface area contributed by atoms with Gasteiger partial charge in [-0.1, -0.05) is 0 Å². The van der Waals surface area contributed by atoms with Crippen LogP contribution in [0.1, 0.15) is 10.5 Å². The van der Waals surface area contributed by atoms with Gasteiger partial charge in [0.25, 0.3) is 6.01 Å². The van der Waals surface area contributed by atoms with Gasteiger partial charge in [-0.3, -0.25) is 0 Å². The molecule has 0 aliphatic rings. The Morgan fingerprint density at radius 3 is 2.80 bits per heavy atom. The first kappa shape index (κ1) is 11.5. The zero-order valence-electron chi connectivity index (χ0n) is 7.50. The highest BCUT2D eigenvalue weighted by Crippen LogP contribution is 2.06. The van der Waals surface area contributed by atoms with Crippen molar-refractivity contribution in [2.75, 3.05) is 17.6 Å². The number of nitrogens with two attached hydrogens (primary N) is 1. The summed E-state index contributed by atoms with van der Waals surface area (Å²) in [6.07, 6.45) is 0.946. The smallest absolute Gasteiger partial charge is 0.357 e. The molecule has 9 heteroatoms. The lowest BCUT2D eigenvalue weighted by Gasteiger charge is -1.98. The van der Waals surface area contributed by atoms with Gasteiger partial charge in [-0.05, 0) is 0 Å². The van der Waals surface area contributed by atoms with Gasteiger partial charge < -0.3 is 14.8 Å². The lowest BCUT2D eigenvalue weighted by molar-refractivity contribution is 0.0690. The Bertz CT molecular complexity index is 451. The number of nitrogens with zero attached hydrogens (tertiary/aromatic N) is 1. The third-order valence-corrected chi connectivity index (χ3v) is 2.16. The van der Waals surface area contributed by atoms with Crippen molar-refractivity contribution < 1.29 is 22.7 Å². The summed E-state index contributed by atoms with van der Waals surface area (Å²) < 4.78 is 25.8. The van der Waals surface area contributed by atoms with Crippen molar-refractivity contribution in [2.45, 2.75) is 0 Å². The standard InChI is InChI=1S/C6H9N3O5S/c7-15(12,13)2-1-8-6-9-4(3-14-6)5(10)11/h3H,1-2H2,(H,8,9)(H,10,11)(H2,7,12,13). The van der Waals surface area contributed by atoms with Gasteiger partial charge in [0.15, 0.2) is 5.69 Å². The fourth-order valence-corrected chi connectivity index (χ4v) is 1.14. The van der Waals surface area contributed by atoms with Crippen molar-refractivity contribution in [1.82, 2.24) is 4.98 Å². The van der Waals surface area contributed by atoms with Gasteiger partial charge in [0, 0.05) is 6.54 Å². The first-order chi connectivity index (χ1) is 6.88. The molecule has 0 bridgehead atoms. The molecule has 0 amide bonds. The van der Waals surface area contributed by atoms with E-state index < -0.39 is 16.0 Å². The maximum Gasteiger partial charge on any atom is 0.357 e. The number of carboxylic acids is 1. The van der Waals surface area contributed by atoms with E-state index in [1.807, 2.05) is 0 Å². The van der Waals surface area contributed by atoms with E-state index in [9.17, 15) is 13.2 Å². The predicted molar refractivity (Wildman–Crippen MR) is 49.9 cm³/mol. The highest BCUT2D eigenvalue weighted by Gasteiger charge is 2.10. The van der Waals surface area contributed by atoms with E-state index in [-0.39, 0.29) is 24.0 Å². The number of carboxylic acid groups (broad SMARTS) is 1. The number of hydrogen-bond acceptors (Lipinski definition) is 6. The summed E-state index contributed by atoms with van der Waals surface area (Å²) in [6.45, 7) is -0.00158. The molecule has 0 atom stereocenters. The Balaban J connectivity index is 2.48. The Hall–Kier alpha value is -1.61. The predicted octanol–water partition coefficient (Wildman–Crippen LogP) is -0.927. The molecule has 0 fully saturated rings. The van der Waals surface area contributed by atoms with E-state index >= 15 is 0 Å². The zero-order valence-corrected chi connectivity index (χ0v) is 8.32. The molecule has 84 valence electrons. The van der Waals surface area contributed by atoms with Crippen LogP contribution in [0.3, 0.4) is 0 Å². The fraction of sp³-hybridized carbons (Fsp3) is 0.333. The van der Waals surface area contributed by atoms with Gasteiger partial charge in [-0.2, -0.15) is 4.98 Å². The molecule has 1 rings (SSSR count). The minimum Gasteiger partial charge on any atom is -0.476 e. The number of anilines is 1. The van der Waals surface area contributed by atoms with Crippen LogP contribution in [0.2, 0.25) is 0 Å². The molecule has 1 aromatic heterocycles. The number of aromatic nitrogens is 1. The first-order valence-corrected chi connectivity index (χ1v) is 5.53. The summed E-state index contributed by atoms with van der Waals surface area (Å²) in [6, 6.07) is -0.0592. The highest BCUT2D eigenvalue weighted by atomic mass is 32.2. The molecule has 1 heterocycles. The molecule has 0 aromatic carbocycles. The molecule has 8 nitrogen and oxygen atoms in total. The Morgan fingerprint density at radius 1 is 1.67 bits per heavy atom. The summed E-state index contributed by atoms with van der Waals surface area (Å²) in [7, 11) is -3.55. The van der Waals surface area contributed by atoms with Gasteiger partial charge in [0.05, 0.1) is 5.75 Å². The van der Waals surface area contributed by atoms with E-state index in [0.717, 1.165) is 6.26 Å². The third kappa shape index (κ3) is 3.95. The molecule has 15 heavy (non-hydrogen) atoms. The molecule has 0 radical (unpaired) electrons. The van der Waals surface area contributed by atoms with Crippen molar-refractivity contribution in [3.8, 4) is 0 Å². The summed E-state index contributed by atoms with van der Waals surface area (Å²) >= 11 is 0. The van der Waals surface area contributed by atoms with E-state index in [0.29, 0.717) is 0 Å². The monoisotopic (exact) mass is 235 g/mol. The van der Waals surface area contributed by atoms with Crippen LogP contribution in [-0.2, 0) is 10.0 Å². The largest absolute Gasteiger partial charge is 0.476 e. The van der Waals surface area contributed by atoms with Crippen LogP contribution in [0.4, 0.5) is 6.01 Å². The molecule has 0 aliphatic carbocycles. The molecule has 0 saturated heterocycles. The fourth-order valence-electron chi connectivity index (χ4n) is 0.753. The molecular formula is C6H9N3O5S. The molecule has 4 N–H and O–H groups in total. The van der Waals surface area contributed by atoms with Crippen LogP contribution in [0.5, 0.6) is 0 Å². The average molecular weight is 235 g/mol. The van der Waals surface area contributed by atoms with Gasteiger partial charge in [-0.15, -0.1) is 0 Å². The van der Waals surface area contributed by atoms with Gasteiger partial charge in [0.2, 0.25) is 10.0 Å². The molecule has 0 unspecified atom stereocenters. The number of sulfonamides is 1. The van der Waals surface area contributed by atoms with Gasteiger partial charge in [-0.25, -0.2) is 18.4 Å². The summed E-state index contributed by atoms with van der Waals surface area (Å²) in [5.41, 5.74) is -0.256. The summed E-state index contributed by atoms with van der Waals surface area (Å²) in [5, 5.41) is 15.7. The Morgan fingerprint density at radius 2 is 2.33 bits per heavy atom. The summed E-state index contributed by atoms with van der Waals surface area (Å²) in [4.78, 5) is 13.9. The van der Waals surface area contributed by atoms with Crippen molar-refractivity contribution in [3.63, 3.8) is 0 Å². The van der Waals surface area contributed by atoms with Crippen LogP contribution < -0.4 is 10.5 Å². The average Bonchev–Trinajstić information content (AvgIpc) is 2.50. The SMILES string of the molecule is NS(=O)(=O)CCNc1nc(C(=O)O)co1. The molecule has 0 saturated carbocycles. The molecule has 0 aliphatic heterocycles. The third-order valence-electron chi connectivity index (χ3n) is 1.39. The van der Waals surface area contributed by atoms with E-state index in [4.69, 9.17) is 14.7 Å². The summed E-state index contributed by atoms with van der Waals surface area (Å²) in [5.74, 6) is -1.52. The van der Waals surface area contributed by atoms with Crippen LogP contribution in [0.15, 0.2) is 10.7 Å². The lowest BCUT2D eigenvalue weighted by atomic mass is 10.5. The number of primary sulfonamides is 1. The second kappa shape index (κ2) is 4.28. The minimum atomic E-state index is -3.55. The molecule has 1 aromatic rings. The normalized spacial score (nSPS) is 11.3. The van der Waals surface area contributed by atoms with Crippen LogP contribution in [-0.4, -0.2) is 36.8 Å². The van der Waals surface area contributed by atoms with E-state index in [1.54, 1.807) is 0 Å². The minimum absolute atomic E-state index is 0.00158. The Kier molecular flexibility index (Phi) is 3.27. The number of nitrogens with one attached hydrogen (secondary N) is 1. The van der Waals surface area contributed by atoms with Crippen LogP contribution in [0, 0.1) is 0 Å². The van der Waals surface area contributed by atoms with Crippen molar-refractivity contribution in [2.24, 2.45) is 5.14 Å². The second-order valence-electron chi connectivity index (χ2n) is 2.64. The van der Waals surface area contributed by atoms with E-state index in [2.05, 4.69) is 10.3 Å². The number of aromatic carboxylic acids is 1. The lowest BCUT2D eigenvalue weighted by Crippen LogP contribution is -2.22. The van der Waals surface area contributed by atoms with Crippen molar-refractivity contribution in [3.05, 3.63) is 12.0 Å². The van der Waals surface area contributed by atoms with Crippen molar-refractivity contribution in [1.29, 1.82) is 0 Å². The quantitative estimate of drug-likeness (QED) is 0.600. The van der Waals surface area contributed by atoms with Crippen LogP contribution >= 0.6 is 0 Å². The van der Waals surface area contributed by atoms with Crippen molar-refractivity contribution >= 4 is 22.0 Å². The van der Waals surface area contributed by atoms with Gasteiger partial charge >= 0.3 is 5.97 Å². The maximum absolute atomic E-state index is 10.5. The van der Waals surface area contributed by atoms with E-state index in [1.165, 1.54) is 0 Å². The number of carbonyl (C=O) groups is 1. The highest BCUT2D eigenvalue weighted by molar-refractivity contribution is 7.89. The second-order valence-corrected chi connectivity index (χ2v) is 4.37. The molecule has 0 spiro atoms. The Labute approximate surface area is 85.1 Å². The molecular weight excluding hydrogens is 226 g/mol. The number of rotatable bonds is 5. The van der Waals surface area contributed by atoms with Crippen LogP contribution in [0.25, 0.3) is 0 Å². The van der Waals surface area contributed by atoms with Gasteiger partial charge in [0.1, 0.15) is 6.26 Å². The maximum atomic E-state index is 10.5. The zero-order chi connectivity index (χ0) is 11.5. The number of oxazole rings is 1.